The first-order valence-electron chi connectivity index (χ1n) is 7.00. The van der Waals surface area contributed by atoms with Crippen LogP contribution in [0.15, 0.2) is 42.5 Å². The molecule has 2 aromatic carbocycles. The Balaban J connectivity index is 1.88. The zero-order valence-corrected chi connectivity index (χ0v) is 13.2. The second-order valence-corrected chi connectivity index (χ2v) is 5.59. The monoisotopic (exact) mass is 320 g/mol. The number of aryl methyl sites for hydroxylation is 1. The van der Waals surface area contributed by atoms with Crippen molar-refractivity contribution in [1.29, 1.82) is 0 Å². The molecule has 0 heterocycles. The summed E-state index contributed by atoms with van der Waals surface area (Å²) < 4.78 is 12.9. The van der Waals surface area contributed by atoms with Crippen molar-refractivity contribution in [3.05, 3.63) is 64.4 Å². The summed E-state index contributed by atoms with van der Waals surface area (Å²) in [5.74, 6) is -0.423. The molecule has 1 unspecified atom stereocenters. The molecule has 0 aromatic heterocycles. The van der Waals surface area contributed by atoms with Crippen molar-refractivity contribution < 1.29 is 9.18 Å². The third-order valence-corrected chi connectivity index (χ3v) is 3.61. The van der Waals surface area contributed by atoms with E-state index in [1.807, 2.05) is 26.0 Å². The molecule has 22 heavy (non-hydrogen) atoms. The Labute approximate surface area is 134 Å². The molecule has 1 atom stereocenters. The van der Waals surface area contributed by atoms with Crippen LogP contribution in [0.2, 0.25) is 5.02 Å². The van der Waals surface area contributed by atoms with Crippen LogP contribution >= 0.6 is 11.6 Å². The van der Waals surface area contributed by atoms with Crippen molar-refractivity contribution in [2.45, 2.75) is 19.9 Å². The lowest BCUT2D eigenvalue weighted by atomic mass is 10.1. The third kappa shape index (κ3) is 4.46. The van der Waals surface area contributed by atoms with Crippen LogP contribution < -0.4 is 10.6 Å². The summed E-state index contributed by atoms with van der Waals surface area (Å²) in [5, 5.41) is 6.61. The van der Waals surface area contributed by atoms with Crippen molar-refractivity contribution in [2.24, 2.45) is 0 Å². The van der Waals surface area contributed by atoms with Crippen LogP contribution in [0.1, 0.15) is 24.1 Å². The number of hydrogen-bond donors (Lipinski definition) is 2. The molecule has 5 heteroatoms. The van der Waals surface area contributed by atoms with Crippen molar-refractivity contribution in [1.82, 2.24) is 5.32 Å². The summed E-state index contributed by atoms with van der Waals surface area (Å²) in [7, 11) is 0. The molecule has 0 aliphatic heterocycles. The van der Waals surface area contributed by atoms with Gasteiger partial charge in [0.2, 0.25) is 5.91 Å². The standard InChI is InChI=1S/C17H18ClFN2O/c1-11-9-14(18)5-8-16(11)20-10-17(22)21-12(2)13-3-6-15(19)7-4-13/h3-9,12,20H,10H2,1-2H3,(H,21,22). The lowest BCUT2D eigenvalue weighted by Gasteiger charge is -2.15. The van der Waals surface area contributed by atoms with E-state index in [4.69, 9.17) is 11.6 Å². The maximum Gasteiger partial charge on any atom is 0.239 e. The Bertz CT molecular complexity index is 658. The van der Waals surface area contributed by atoms with E-state index in [0.29, 0.717) is 5.02 Å². The number of halogens is 2. The third-order valence-electron chi connectivity index (χ3n) is 3.38. The van der Waals surface area contributed by atoms with Crippen LogP contribution in [-0.4, -0.2) is 12.5 Å². The number of rotatable bonds is 5. The predicted molar refractivity (Wildman–Crippen MR) is 87.6 cm³/mol. The summed E-state index contributed by atoms with van der Waals surface area (Å²) in [6.07, 6.45) is 0. The molecular formula is C17H18ClFN2O. The van der Waals surface area contributed by atoms with E-state index in [-0.39, 0.29) is 24.3 Å². The number of carbonyl (C=O) groups excluding carboxylic acids is 1. The molecule has 1 amide bonds. The van der Waals surface area contributed by atoms with E-state index in [0.717, 1.165) is 16.8 Å². The smallest absolute Gasteiger partial charge is 0.239 e. The molecule has 2 aromatic rings. The Morgan fingerprint density at radius 3 is 2.55 bits per heavy atom. The maximum absolute atomic E-state index is 12.9. The van der Waals surface area contributed by atoms with Gasteiger partial charge in [0.25, 0.3) is 0 Å². The molecule has 0 saturated carbocycles. The van der Waals surface area contributed by atoms with Gasteiger partial charge in [0.15, 0.2) is 0 Å². The molecular weight excluding hydrogens is 303 g/mol. The number of benzene rings is 2. The first-order chi connectivity index (χ1) is 10.5. The average molecular weight is 321 g/mol. The highest BCUT2D eigenvalue weighted by Gasteiger charge is 2.10. The molecule has 0 spiro atoms. The van der Waals surface area contributed by atoms with Gasteiger partial charge in [-0.25, -0.2) is 4.39 Å². The van der Waals surface area contributed by atoms with Crippen LogP contribution in [-0.2, 0) is 4.79 Å². The van der Waals surface area contributed by atoms with Gasteiger partial charge in [-0.3, -0.25) is 4.79 Å². The first kappa shape index (κ1) is 16.3. The molecule has 0 aliphatic carbocycles. The summed E-state index contributed by atoms with van der Waals surface area (Å²) in [6.45, 7) is 3.94. The minimum absolute atomic E-state index is 0.133. The second-order valence-electron chi connectivity index (χ2n) is 5.15. The van der Waals surface area contributed by atoms with E-state index in [1.165, 1.54) is 12.1 Å². The van der Waals surface area contributed by atoms with E-state index >= 15 is 0 Å². The number of nitrogens with one attached hydrogen (secondary N) is 2. The van der Waals surface area contributed by atoms with Gasteiger partial charge in [0, 0.05) is 10.7 Å². The van der Waals surface area contributed by atoms with Gasteiger partial charge >= 0.3 is 0 Å². The average Bonchev–Trinajstić information content (AvgIpc) is 2.47. The van der Waals surface area contributed by atoms with Crippen LogP contribution in [0, 0.1) is 12.7 Å². The quantitative estimate of drug-likeness (QED) is 0.871. The van der Waals surface area contributed by atoms with Crippen molar-refractivity contribution >= 4 is 23.2 Å². The zero-order chi connectivity index (χ0) is 16.1. The molecule has 0 radical (unpaired) electrons. The number of hydrogen-bond acceptors (Lipinski definition) is 2. The summed E-state index contributed by atoms with van der Waals surface area (Å²) in [6, 6.07) is 11.4. The number of amides is 1. The van der Waals surface area contributed by atoms with E-state index < -0.39 is 0 Å². The van der Waals surface area contributed by atoms with Gasteiger partial charge in [-0.2, -0.15) is 0 Å². The largest absolute Gasteiger partial charge is 0.376 e. The molecule has 3 nitrogen and oxygen atoms in total. The van der Waals surface area contributed by atoms with Crippen LogP contribution in [0.3, 0.4) is 0 Å². The Morgan fingerprint density at radius 2 is 1.91 bits per heavy atom. The molecule has 0 saturated heterocycles. The van der Waals surface area contributed by atoms with Gasteiger partial charge in [0.1, 0.15) is 5.82 Å². The van der Waals surface area contributed by atoms with Crippen molar-refractivity contribution in [2.75, 3.05) is 11.9 Å². The van der Waals surface area contributed by atoms with E-state index in [1.54, 1.807) is 18.2 Å². The molecule has 0 fully saturated rings. The van der Waals surface area contributed by atoms with Gasteiger partial charge in [-0.15, -0.1) is 0 Å². The Kier molecular flexibility index (Phi) is 5.39. The minimum Gasteiger partial charge on any atom is -0.376 e. The topological polar surface area (TPSA) is 41.1 Å². The van der Waals surface area contributed by atoms with Crippen LogP contribution in [0.5, 0.6) is 0 Å². The highest BCUT2D eigenvalue weighted by molar-refractivity contribution is 6.30. The van der Waals surface area contributed by atoms with E-state index in [2.05, 4.69) is 10.6 Å². The summed E-state index contributed by atoms with van der Waals surface area (Å²) >= 11 is 5.89. The summed E-state index contributed by atoms with van der Waals surface area (Å²) in [4.78, 5) is 12.0. The zero-order valence-electron chi connectivity index (χ0n) is 12.5. The Morgan fingerprint density at radius 1 is 1.23 bits per heavy atom. The van der Waals surface area contributed by atoms with Gasteiger partial charge < -0.3 is 10.6 Å². The predicted octanol–water partition coefficient (Wildman–Crippen LogP) is 4.08. The Hall–Kier alpha value is -2.07. The first-order valence-corrected chi connectivity index (χ1v) is 7.38. The lowest BCUT2D eigenvalue weighted by Crippen LogP contribution is -2.32. The number of anilines is 1. The van der Waals surface area contributed by atoms with Gasteiger partial charge in [-0.1, -0.05) is 23.7 Å². The highest BCUT2D eigenvalue weighted by Crippen LogP contribution is 2.19. The van der Waals surface area contributed by atoms with Gasteiger partial charge in [0.05, 0.1) is 12.6 Å². The van der Waals surface area contributed by atoms with Crippen molar-refractivity contribution in [3.63, 3.8) is 0 Å². The minimum atomic E-state index is -0.290. The molecule has 2 rings (SSSR count). The molecule has 0 bridgehead atoms. The fourth-order valence-corrected chi connectivity index (χ4v) is 2.35. The fraction of sp³-hybridized carbons (Fsp3) is 0.235. The van der Waals surface area contributed by atoms with Crippen molar-refractivity contribution in [3.8, 4) is 0 Å². The van der Waals surface area contributed by atoms with Gasteiger partial charge in [-0.05, 0) is 55.3 Å². The normalized spacial score (nSPS) is 11.8. The highest BCUT2D eigenvalue weighted by atomic mass is 35.5. The van der Waals surface area contributed by atoms with E-state index in [9.17, 15) is 9.18 Å². The van der Waals surface area contributed by atoms with Crippen LogP contribution in [0.25, 0.3) is 0 Å². The molecule has 2 N–H and O–H groups in total. The second kappa shape index (κ2) is 7.27. The number of carbonyl (C=O) groups is 1. The summed E-state index contributed by atoms with van der Waals surface area (Å²) in [5.41, 5.74) is 2.71. The molecule has 0 aliphatic rings. The SMILES string of the molecule is Cc1cc(Cl)ccc1NCC(=O)NC(C)c1ccc(F)cc1. The fourth-order valence-electron chi connectivity index (χ4n) is 2.13. The van der Waals surface area contributed by atoms with Crippen LogP contribution in [0.4, 0.5) is 10.1 Å². The maximum atomic E-state index is 12.9. The lowest BCUT2D eigenvalue weighted by molar-refractivity contribution is -0.120. The molecule has 116 valence electrons.